The summed E-state index contributed by atoms with van der Waals surface area (Å²) in [4.78, 5) is 11.4. The molecule has 0 unspecified atom stereocenters. The number of aromatic nitrogens is 6. The Bertz CT molecular complexity index is 1350. The second-order valence-corrected chi connectivity index (χ2v) is 9.11. The van der Waals surface area contributed by atoms with Crippen molar-refractivity contribution in [1.82, 2.24) is 29.4 Å². The van der Waals surface area contributed by atoms with Gasteiger partial charge in [0.25, 0.3) is 0 Å². The van der Waals surface area contributed by atoms with Gasteiger partial charge in [-0.3, -0.25) is 4.68 Å². The van der Waals surface area contributed by atoms with Crippen molar-refractivity contribution in [2.75, 3.05) is 24.3 Å². The summed E-state index contributed by atoms with van der Waals surface area (Å²) in [6, 6.07) is 3.08. The molecule has 1 fully saturated rings. The number of aliphatic hydroxyl groups is 1. The third kappa shape index (κ3) is 3.69. The standard InChI is InChI=1S/C23H29FN8O2/c1-12-5-6-15(10-30(12)16-9-26-31(11-16)13(2)14(3)33)21-28-22-17-7-18(24)20(34-4)8-19(17)27-23(25)32(22)29-21/h7-9,11-15,33H,5-6,10H2,1-4H3,(H2,25,27)/t12-,13+,14-,15+/m1/s1. The summed E-state index contributed by atoms with van der Waals surface area (Å²) in [5.41, 5.74) is 8.13. The summed E-state index contributed by atoms with van der Waals surface area (Å²) in [6.45, 7) is 6.59. The molecule has 5 rings (SSSR count). The van der Waals surface area contributed by atoms with Gasteiger partial charge in [0.2, 0.25) is 5.95 Å². The van der Waals surface area contributed by atoms with Crippen LogP contribution in [-0.2, 0) is 0 Å². The Morgan fingerprint density at radius 1 is 1.24 bits per heavy atom. The van der Waals surface area contributed by atoms with Crippen LogP contribution in [0, 0.1) is 5.82 Å². The van der Waals surface area contributed by atoms with E-state index >= 15 is 0 Å². The quantitative estimate of drug-likeness (QED) is 0.459. The first-order chi connectivity index (χ1) is 16.3. The predicted octanol–water partition coefficient (Wildman–Crippen LogP) is 2.92. The molecule has 0 radical (unpaired) electrons. The molecule has 0 bridgehead atoms. The predicted molar refractivity (Wildman–Crippen MR) is 127 cm³/mol. The van der Waals surface area contributed by atoms with Crippen molar-refractivity contribution in [3.05, 3.63) is 36.2 Å². The topological polar surface area (TPSA) is 120 Å². The lowest BCUT2D eigenvalue weighted by atomic mass is 9.92. The molecule has 4 heterocycles. The smallest absolute Gasteiger partial charge is 0.223 e. The molecule has 1 aliphatic rings. The number of hydrogen-bond donors (Lipinski definition) is 2. The van der Waals surface area contributed by atoms with E-state index in [0.29, 0.717) is 35.0 Å². The molecule has 34 heavy (non-hydrogen) atoms. The van der Waals surface area contributed by atoms with Crippen molar-refractivity contribution in [3.8, 4) is 5.75 Å². The number of nitrogens with zero attached hydrogens (tertiary/aromatic N) is 7. The Hall–Kier alpha value is -3.47. The fourth-order valence-electron chi connectivity index (χ4n) is 4.57. The van der Waals surface area contributed by atoms with Crippen LogP contribution < -0.4 is 15.4 Å². The number of aliphatic hydroxyl groups excluding tert-OH is 1. The van der Waals surface area contributed by atoms with Crippen LogP contribution in [-0.4, -0.2) is 60.3 Å². The van der Waals surface area contributed by atoms with E-state index < -0.39 is 11.9 Å². The van der Waals surface area contributed by atoms with Gasteiger partial charge >= 0.3 is 0 Å². The van der Waals surface area contributed by atoms with Gasteiger partial charge in [-0.1, -0.05) is 0 Å². The number of nitrogens with two attached hydrogens (primary N) is 1. The fourth-order valence-corrected chi connectivity index (χ4v) is 4.57. The van der Waals surface area contributed by atoms with Gasteiger partial charge in [0, 0.05) is 36.2 Å². The van der Waals surface area contributed by atoms with E-state index in [0.717, 1.165) is 18.5 Å². The van der Waals surface area contributed by atoms with E-state index in [1.54, 1.807) is 11.6 Å². The Labute approximate surface area is 196 Å². The zero-order valence-corrected chi connectivity index (χ0v) is 19.7. The average Bonchev–Trinajstić information content (AvgIpc) is 3.47. The van der Waals surface area contributed by atoms with Crippen LogP contribution in [0.25, 0.3) is 16.6 Å². The highest BCUT2D eigenvalue weighted by Crippen LogP contribution is 2.34. The van der Waals surface area contributed by atoms with Crippen molar-refractivity contribution in [3.63, 3.8) is 0 Å². The molecule has 3 aromatic heterocycles. The minimum Gasteiger partial charge on any atom is -0.494 e. The lowest BCUT2D eigenvalue weighted by molar-refractivity contribution is 0.132. The maximum absolute atomic E-state index is 14.4. The number of halogens is 1. The summed E-state index contributed by atoms with van der Waals surface area (Å²) in [6.07, 6.45) is 5.18. The van der Waals surface area contributed by atoms with Crippen LogP contribution in [0.4, 0.5) is 16.0 Å². The van der Waals surface area contributed by atoms with Gasteiger partial charge in [0.1, 0.15) is 0 Å². The minimum absolute atomic E-state index is 0.0613. The third-order valence-corrected chi connectivity index (χ3v) is 6.87. The molecular formula is C23H29FN8O2. The third-order valence-electron chi connectivity index (χ3n) is 6.87. The van der Waals surface area contributed by atoms with E-state index in [4.69, 9.17) is 15.5 Å². The molecule has 0 spiro atoms. The summed E-state index contributed by atoms with van der Waals surface area (Å²) in [7, 11) is 1.41. The van der Waals surface area contributed by atoms with E-state index in [1.807, 2.05) is 19.3 Å². The highest BCUT2D eigenvalue weighted by Gasteiger charge is 2.31. The number of piperidine rings is 1. The molecule has 1 saturated heterocycles. The van der Waals surface area contributed by atoms with Gasteiger partial charge in [-0.05, 0) is 39.7 Å². The highest BCUT2D eigenvalue weighted by molar-refractivity contribution is 5.93. The number of benzene rings is 1. The van der Waals surface area contributed by atoms with Crippen LogP contribution in [0.2, 0.25) is 0 Å². The van der Waals surface area contributed by atoms with Crippen molar-refractivity contribution in [2.45, 2.75) is 57.7 Å². The number of hydrogen-bond acceptors (Lipinski definition) is 8. The van der Waals surface area contributed by atoms with Crippen LogP contribution in [0.15, 0.2) is 24.5 Å². The van der Waals surface area contributed by atoms with E-state index in [2.05, 4.69) is 27.0 Å². The van der Waals surface area contributed by atoms with Crippen LogP contribution in [0.3, 0.4) is 0 Å². The normalized spacial score (nSPS) is 20.7. The number of rotatable bonds is 5. The molecule has 3 N–H and O–H groups in total. The Balaban J connectivity index is 1.49. The molecule has 1 aliphatic heterocycles. The highest BCUT2D eigenvalue weighted by atomic mass is 19.1. The minimum atomic E-state index is -0.500. The van der Waals surface area contributed by atoms with Gasteiger partial charge in [-0.2, -0.15) is 9.61 Å². The van der Waals surface area contributed by atoms with Crippen molar-refractivity contribution >= 4 is 28.2 Å². The van der Waals surface area contributed by atoms with Crippen LogP contribution >= 0.6 is 0 Å². The first-order valence-electron chi connectivity index (χ1n) is 11.4. The number of ether oxygens (including phenoxy) is 1. The van der Waals surface area contributed by atoms with Crippen molar-refractivity contribution < 1.29 is 14.2 Å². The van der Waals surface area contributed by atoms with Crippen LogP contribution in [0.5, 0.6) is 5.75 Å². The van der Waals surface area contributed by atoms with Gasteiger partial charge < -0.3 is 20.5 Å². The van der Waals surface area contributed by atoms with Gasteiger partial charge in [0.05, 0.1) is 36.7 Å². The number of methoxy groups -OCH3 is 1. The van der Waals surface area contributed by atoms with Crippen LogP contribution in [0.1, 0.15) is 51.4 Å². The first-order valence-corrected chi connectivity index (χ1v) is 11.4. The van der Waals surface area contributed by atoms with E-state index in [-0.39, 0.29) is 23.7 Å². The molecule has 0 amide bonds. The largest absolute Gasteiger partial charge is 0.494 e. The number of fused-ring (bicyclic) bond motifs is 3. The molecule has 1 aromatic carbocycles. The van der Waals surface area contributed by atoms with Crippen molar-refractivity contribution in [1.29, 1.82) is 0 Å². The SMILES string of the molecule is COc1cc2nc(N)n3nc([C@H]4CC[C@@H](C)N(c5cnn([C@@H](C)[C@@H](C)O)c5)C4)nc3c2cc1F. The maximum Gasteiger partial charge on any atom is 0.223 e. The van der Waals surface area contributed by atoms with Gasteiger partial charge in [-0.25, -0.2) is 14.4 Å². The summed E-state index contributed by atoms with van der Waals surface area (Å²) in [5.74, 6) is 0.509. The number of anilines is 2. The second kappa shape index (κ2) is 8.39. The van der Waals surface area contributed by atoms with E-state index in [1.165, 1.54) is 23.8 Å². The monoisotopic (exact) mass is 468 g/mol. The zero-order valence-electron chi connectivity index (χ0n) is 19.7. The number of nitrogen functional groups attached to an aromatic ring is 1. The lowest BCUT2D eigenvalue weighted by Crippen LogP contribution is -2.41. The summed E-state index contributed by atoms with van der Waals surface area (Å²) >= 11 is 0. The Kier molecular flexibility index (Phi) is 5.51. The van der Waals surface area contributed by atoms with Gasteiger partial charge in [0.15, 0.2) is 23.0 Å². The molecule has 4 atom stereocenters. The first kappa shape index (κ1) is 22.3. The Morgan fingerprint density at radius 2 is 2.03 bits per heavy atom. The molecule has 0 aliphatic carbocycles. The van der Waals surface area contributed by atoms with Crippen molar-refractivity contribution in [2.24, 2.45) is 0 Å². The maximum atomic E-state index is 14.4. The molecule has 180 valence electrons. The average molecular weight is 469 g/mol. The zero-order chi connectivity index (χ0) is 24.1. The molecular weight excluding hydrogens is 439 g/mol. The second-order valence-electron chi connectivity index (χ2n) is 9.11. The van der Waals surface area contributed by atoms with E-state index in [9.17, 15) is 9.50 Å². The van der Waals surface area contributed by atoms with Gasteiger partial charge in [-0.15, -0.1) is 5.10 Å². The summed E-state index contributed by atoms with van der Waals surface area (Å²) < 4.78 is 22.8. The molecule has 4 aromatic rings. The molecule has 0 saturated carbocycles. The summed E-state index contributed by atoms with van der Waals surface area (Å²) in [5, 5.41) is 19.5. The molecule has 10 nitrogen and oxygen atoms in total. The molecule has 11 heteroatoms. The Morgan fingerprint density at radius 3 is 2.76 bits per heavy atom. The lowest BCUT2D eigenvalue weighted by Gasteiger charge is -2.37. The fraction of sp³-hybridized carbons (Fsp3) is 0.478.